The highest BCUT2D eigenvalue weighted by molar-refractivity contribution is 7.89. The first-order valence-electron chi connectivity index (χ1n) is 5.94. The summed E-state index contributed by atoms with van der Waals surface area (Å²) >= 11 is 0.692. The maximum Gasteiger partial charge on any atom is 0.402 e. The summed E-state index contributed by atoms with van der Waals surface area (Å²) in [5.41, 5.74) is 0.144. The fourth-order valence-corrected chi connectivity index (χ4v) is 5.23. The number of carboxylic acid groups (broad SMARTS) is 1. The molecule has 1 heterocycles. The fourth-order valence-electron chi connectivity index (χ4n) is 1.97. The second-order valence-electron chi connectivity index (χ2n) is 4.78. The molecule has 0 amide bonds. The van der Waals surface area contributed by atoms with Crippen LogP contribution in [-0.2, 0) is 10.0 Å². The number of sulfonamides is 1. The van der Waals surface area contributed by atoms with Crippen molar-refractivity contribution in [3.8, 4) is 0 Å². The number of hydrogen-bond acceptors (Lipinski definition) is 4. The zero-order chi connectivity index (χ0) is 16.0. The molecule has 1 aromatic heterocycles. The molecular formula is C11H12F3NO4S2. The average Bonchev–Trinajstić information content (AvgIpc) is 3.06. The summed E-state index contributed by atoms with van der Waals surface area (Å²) < 4.78 is 63.1. The van der Waals surface area contributed by atoms with Gasteiger partial charge in [-0.1, -0.05) is 0 Å². The van der Waals surface area contributed by atoms with E-state index < -0.39 is 44.5 Å². The molecule has 0 spiro atoms. The molecular weight excluding hydrogens is 331 g/mol. The first-order valence-corrected chi connectivity index (χ1v) is 8.26. The van der Waals surface area contributed by atoms with Crippen molar-refractivity contribution in [1.82, 2.24) is 4.31 Å². The van der Waals surface area contributed by atoms with Gasteiger partial charge in [0.2, 0.25) is 10.0 Å². The lowest BCUT2D eigenvalue weighted by molar-refractivity contribution is -0.137. The fraction of sp³-hybridized carbons (Fsp3) is 0.545. The highest BCUT2D eigenvalue weighted by Crippen LogP contribution is 2.38. The van der Waals surface area contributed by atoms with Crippen LogP contribution in [0.2, 0.25) is 0 Å². The number of halogens is 3. The van der Waals surface area contributed by atoms with Gasteiger partial charge in [-0.25, -0.2) is 13.2 Å². The van der Waals surface area contributed by atoms with E-state index in [2.05, 4.69) is 0 Å². The number of carboxylic acids is 1. The minimum absolute atomic E-state index is 0.144. The SMILES string of the molecule is Cc1csc(C(=O)O)c1S(=O)(=O)N(CC(F)(F)F)C1CC1. The van der Waals surface area contributed by atoms with Crippen LogP contribution in [0.1, 0.15) is 28.1 Å². The third kappa shape index (κ3) is 3.38. The minimum Gasteiger partial charge on any atom is -0.477 e. The van der Waals surface area contributed by atoms with Crippen molar-refractivity contribution in [2.24, 2.45) is 0 Å². The van der Waals surface area contributed by atoms with Crippen molar-refractivity contribution in [2.45, 2.75) is 36.9 Å². The van der Waals surface area contributed by atoms with Gasteiger partial charge < -0.3 is 5.11 Å². The molecule has 1 fully saturated rings. The van der Waals surface area contributed by atoms with Crippen LogP contribution < -0.4 is 0 Å². The van der Waals surface area contributed by atoms with Gasteiger partial charge in [0.25, 0.3) is 0 Å². The van der Waals surface area contributed by atoms with Gasteiger partial charge in [0.15, 0.2) is 0 Å². The molecule has 1 saturated carbocycles. The minimum atomic E-state index is -4.68. The third-order valence-electron chi connectivity index (χ3n) is 2.97. The number of aromatic carboxylic acids is 1. The number of alkyl halides is 3. The normalized spacial score (nSPS) is 16.4. The molecule has 1 aromatic rings. The lowest BCUT2D eigenvalue weighted by Gasteiger charge is -2.23. The van der Waals surface area contributed by atoms with E-state index in [1.54, 1.807) is 0 Å². The summed E-state index contributed by atoms with van der Waals surface area (Å²) in [6.45, 7) is -0.233. The van der Waals surface area contributed by atoms with Crippen molar-refractivity contribution >= 4 is 27.3 Å². The maximum absolute atomic E-state index is 12.6. The number of aryl methyl sites for hydroxylation is 1. The molecule has 0 atom stereocenters. The summed E-state index contributed by atoms with van der Waals surface area (Å²) in [7, 11) is -4.49. The first kappa shape index (κ1) is 16.2. The molecule has 2 rings (SSSR count). The molecule has 1 aliphatic rings. The van der Waals surface area contributed by atoms with Crippen LogP contribution in [-0.4, -0.2) is 42.6 Å². The number of thiophene rings is 1. The quantitative estimate of drug-likeness (QED) is 0.891. The number of rotatable bonds is 5. The predicted octanol–water partition coefficient (Wildman–Crippen LogP) is 2.47. The standard InChI is InChI=1S/C11H12F3NO4S2/c1-6-4-20-8(10(16)17)9(6)21(18,19)15(7-2-3-7)5-11(12,13)14/h4,7H,2-3,5H2,1H3,(H,16,17). The van der Waals surface area contributed by atoms with Gasteiger partial charge in [-0.3, -0.25) is 0 Å². The van der Waals surface area contributed by atoms with Gasteiger partial charge >= 0.3 is 12.1 Å². The van der Waals surface area contributed by atoms with E-state index in [1.165, 1.54) is 12.3 Å². The molecule has 10 heteroatoms. The lowest BCUT2D eigenvalue weighted by atomic mass is 10.3. The summed E-state index contributed by atoms with van der Waals surface area (Å²) in [5, 5.41) is 10.3. The van der Waals surface area contributed by atoms with E-state index in [0.717, 1.165) is 0 Å². The summed E-state index contributed by atoms with van der Waals surface area (Å²) in [6, 6.07) is -0.711. The summed E-state index contributed by atoms with van der Waals surface area (Å²) in [6.07, 6.45) is -3.98. The zero-order valence-corrected chi connectivity index (χ0v) is 12.5. The Balaban J connectivity index is 2.49. The number of carbonyl (C=O) groups is 1. The van der Waals surface area contributed by atoms with Crippen molar-refractivity contribution in [3.63, 3.8) is 0 Å². The third-order valence-corrected chi connectivity index (χ3v) is 6.27. The highest BCUT2D eigenvalue weighted by atomic mass is 32.2. The van der Waals surface area contributed by atoms with Crippen molar-refractivity contribution in [3.05, 3.63) is 15.8 Å². The molecule has 0 aromatic carbocycles. The molecule has 21 heavy (non-hydrogen) atoms. The summed E-state index contributed by atoms with van der Waals surface area (Å²) in [5.74, 6) is -1.46. The Bertz CT molecular complexity index is 661. The second-order valence-corrected chi connectivity index (χ2v) is 7.49. The van der Waals surface area contributed by atoms with E-state index >= 15 is 0 Å². The zero-order valence-electron chi connectivity index (χ0n) is 10.8. The topological polar surface area (TPSA) is 74.7 Å². The van der Waals surface area contributed by atoms with Crippen LogP contribution in [0.15, 0.2) is 10.3 Å². The van der Waals surface area contributed by atoms with Gasteiger partial charge in [-0.15, -0.1) is 11.3 Å². The van der Waals surface area contributed by atoms with E-state index in [9.17, 15) is 26.4 Å². The molecule has 0 radical (unpaired) electrons. The van der Waals surface area contributed by atoms with Crippen LogP contribution in [0.5, 0.6) is 0 Å². The Morgan fingerprint density at radius 3 is 2.48 bits per heavy atom. The molecule has 0 saturated heterocycles. The van der Waals surface area contributed by atoms with Crippen LogP contribution in [0, 0.1) is 6.92 Å². The largest absolute Gasteiger partial charge is 0.477 e. The van der Waals surface area contributed by atoms with Gasteiger partial charge in [0.05, 0.1) is 0 Å². The number of nitrogens with zero attached hydrogens (tertiary/aromatic N) is 1. The molecule has 0 aliphatic heterocycles. The Morgan fingerprint density at radius 2 is 2.05 bits per heavy atom. The van der Waals surface area contributed by atoms with E-state index in [4.69, 9.17) is 5.11 Å². The van der Waals surface area contributed by atoms with Crippen molar-refractivity contribution in [1.29, 1.82) is 0 Å². The van der Waals surface area contributed by atoms with Crippen LogP contribution in [0.25, 0.3) is 0 Å². The van der Waals surface area contributed by atoms with Crippen LogP contribution >= 0.6 is 11.3 Å². The smallest absolute Gasteiger partial charge is 0.402 e. The van der Waals surface area contributed by atoms with Crippen molar-refractivity contribution in [2.75, 3.05) is 6.54 Å². The van der Waals surface area contributed by atoms with E-state index in [-0.39, 0.29) is 5.56 Å². The van der Waals surface area contributed by atoms with Gasteiger partial charge in [0.1, 0.15) is 16.3 Å². The molecule has 0 bridgehead atoms. The predicted molar refractivity (Wildman–Crippen MR) is 69.0 cm³/mol. The average molecular weight is 343 g/mol. The molecule has 118 valence electrons. The van der Waals surface area contributed by atoms with Gasteiger partial charge in [0, 0.05) is 6.04 Å². The van der Waals surface area contributed by atoms with Crippen molar-refractivity contribution < 1.29 is 31.5 Å². The molecule has 0 unspecified atom stereocenters. The van der Waals surface area contributed by atoms with E-state index in [1.807, 2.05) is 0 Å². The van der Waals surface area contributed by atoms with E-state index in [0.29, 0.717) is 28.5 Å². The van der Waals surface area contributed by atoms with Crippen LogP contribution in [0.3, 0.4) is 0 Å². The molecule has 5 nitrogen and oxygen atoms in total. The Hall–Kier alpha value is -1.13. The summed E-state index contributed by atoms with van der Waals surface area (Å²) in [4.78, 5) is 10.1. The van der Waals surface area contributed by atoms with Gasteiger partial charge in [-0.2, -0.15) is 17.5 Å². The monoisotopic (exact) mass is 343 g/mol. The first-order chi connectivity index (χ1) is 9.54. The Morgan fingerprint density at radius 1 is 1.48 bits per heavy atom. The maximum atomic E-state index is 12.6. The Kier molecular flexibility index (Phi) is 4.06. The van der Waals surface area contributed by atoms with Gasteiger partial charge in [-0.05, 0) is 30.7 Å². The number of hydrogen-bond donors (Lipinski definition) is 1. The van der Waals surface area contributed by atoms with Crippen LogP contribution in [0.4, 0.5) is 13.2 Å². The molecule has 1 N–H and O–H groups in total. The Labute approximate surface area is 123 Å². The molecule has 1 aliphatic carbocycles. The lowest BCUT2D eigenvalue weighted by Crippen LogP contribution is -2.41. The second kappa shape index (κ2) is 5.25. The highest BCUT2D eigenvalue weighted by Gasteiger charge is 2.46.